The monoisotopic (exact) mass is 516 g/mol. The van der Waals surface area contributed by atoms with Crippen LogP contribution in [0.25, 0.3) is 0 Å². The van der Waals surface area contributed by atoms with Crippen LogP contribution in [0.3, 0.4) is 0 Å². The maximum absolute atomic E-state index is 14.2. The van der Waals surface area contributed by atoms with Gasteiger partial charge in [0.2, 0.25) is 10.0 Å². The molecule has 3 rings (SSSR count). The lowest BCUT2D eigenvalue weighted by Crippen LogP contribution is -2.50. The third kappa shape index (κ3) is 6.06. The molecule has 0 bridgehead atoms. The van der Waals surface area contributed by atoms with Gasteiger partial charge in [-0.2, -0.15) is 4.31 Å². The Labute approximate surface area is 212 Å². The fourth-order valence-corrected chi connectivity index (χ4v) is 5.83. The standard InChI is InChI=1S/C27H33FN2O5S/c1-5-6-7-10-21-13-14-26-24(15-21)35-25(19(2)16-30(20(3)18-31)36(26,33)34)17-29(4)27(32)22-11-8-9-12-23(22)28/h8-9,11-15,19-20,25,31H,5-6,16-18H2,1-4H3/t19-,20-,25+/m1/s1. The highest BCUT2D eigenvalue weighted by Gasteiger charge is 2.38. The average Bonchev–Trinajstić information content (AvgIpc) is 2.85. The molecule has 1 aliphatic rings. The van der Waals surface area contributed by atoms with E-state index in [0.717, 1.165) is 6.42 Å². The van der Waals surface area contributed by atoms with E-state index < -0.39 is 33.9 Å². The van der Waals surface area contributed by atoms with Crippen molar-refractivity contribution in [3.63, 3.8) is 0 Å². The van der Waals surface area contributed by atoms with E-state index in [2.05, 4.69) is 11.8 Å². The topological polar surface area (TPSA) is 87.2 Å². The molecule has 1 aliphatic heterocycles. The molecule has 0 aromatic heterocycles. The van der Waals surface area contributed by atoms with Crippen LogP contribution < -0.4 is 4.74 Å². The van der Waals surface area contributed by atoms with Gasteiger partial charge in [-0.3, -0.25) is 4.79 Å². The van der Waals surface area contributed by atoms with Crippen molar-refractivity contribution in [2.45, 2.75) is 50.7 Å². The van der Waals surface area contributed by atoms with E-state index in [1.165, 1.54) is 33.5 Å². The minimum atomic E-state index is -3.98. The number of aliphatic hydroxyl groups is 1. The van der Waals surface area contributed by atoms with E-state index in [1.807, 2.05) is 13.8 Å². The van der Waals surface area contributed by atoms with Crippen LogP contribution in [0.4, 0.5) is 4.39 Å². The molecule has 2 aromatic carbocycles. The fourth-order valence-electron chi connectivity index (χ4n) is 4.00. The molecule has 0 radical (unpaired) electrons. The maximum Gasteiger partial charge on any atom is 0.256 e. The molecule has 0 spiro atoms. The van der Waals surface area contributed by atoms with Crippen LogP contribution in [0.1, 0.15) is 49.5 Å². The number of carbonyl (C=O) groups is 1. The zero-order chi connectivity index (χ0) is 26.5. The van der Waals surface area contributed by atoms with Crippen molar-refractivity contribution in [3.05, 3.63) is 59.4 Å². The van der Waals surface area contributed by atoms with E-state index in [-0.39, 0.29) is 41.8 Å². The van der Waals surface area contributed by atoms with Crippen LogP contribution in [0.15, 0.2) is 47.4 Å². The highest BCUT2D eigenvalue weighted by atomic mass is 32.2. The summed E-state index contributed by atoms with van der Waals surface area (Å²) in [5, 5.41) is 9.77. The number of rotatable bonds is 6. The van der Waals surface area contributed by atoms with Gasteiger partial charge in [0.25, 0.3) is 5.91 Å². The molecule has 1 amide bonds. The Hall–Kier alpha value is -2.93. The van der Waals surface area contributed by atoms with Gasteiger partial charge < -0.3 is 14.7 Å². The number of amides is 1. The van der Waals surface area contributed by atoms with Gasteiger partial charge in [0, 0.05) is 37.5 Å². The fraction of sp³-hybridized carbons (Fsp3) is 0.444. The summed E-state index contributed by atoms with van der Waals surface area (Å²) in [5.74, 6) is 4.74. The number of halogens is 1. The van der Waals surface area contributed by atoms with Crippen molar-refractivity contribution in [1.82, 2.24) is 9.21 Å². The Morgan fingerprint density at radius 1 is 1.31 bits per heavy atom. The number of nitrogens with zero attached hydrogens (tertiary/aromatic N) is 2. The summed E-state index contributed by atoms with van der Waals surface area (Å²) >= 11 is 0. The van der Waals surface area contributed by atoms with Crippen molar-refractivity contribution in [2.75, 3.05) is 26.7 Å². The molecule has 0 unspecified atom stereocenters. The second-order valence-corrected chi connectivity index (χ2v) is 11.0. The van der Waals surface area contributed by atoms with E-state index >= 15 is 0 Å². The summed E-state index contributed by atoms with van der Waals surface area (Å²) < 4.78 is 48.8. The smallest absolute Gasteiger partial charge is 0.256 e. The molecule has 0 saturated heterocycles. The van der Waals surface area contributed by atoms with Gasteiger partial charge in [0.05, 0.1) is 18.7 Å². The Morgan fingerprint density at radius 2 is 2.03 bits per heavy atom. The minimum absolute atomic E-state index is 0.0242. The van der Waals surface area contributed by atoms with Gasteiger partial charge in [0.1, 0.15) is 22.6 Å². The predicted octanol–water partition coefficient (Wildman–Crippen LogP) is 3.52. The Kier molecular flexibility index (Phi) is 9.12. The van der Waals surface area contributed by atoms with Crippen molar-refractivity contribution in [1.29, 1.82) is 0 Å². The first-order chi connectivity index (χ1) is 17.1. The van der Waals surface area contributed by atoms with Crippen molar-refractivity contribution in [2.24, 2.45) is 5.92 Å². The summed E-state index contributed by atoms with van der Waals surface area (Å²) in [5.41, 5.74) is 0.562. The zero-order valence-electron chi connectivity index (χ0n) is 21.1. The molecule has 194 valence electrons. The van der Waals surface area contributed by atoms with Crippen LogP contribution in [0, 0.1) is 23.6 Å². The van der Waals surface area contributed by atoms with Crippen LogP contribution >= 0.6 is 0 Å². The number of hydrogen-bond acceptors (Lipinski definition) is 5. The second kappa shape index (κ2) is 11.9. The Morgan fingerprint density at radius 3 is 2.69 bits per heavy atom. The van der Waals surface area contributed by atoms with E-state index in [4.69, 9.17) is 4.74 Å². The first-order valence-electron chi connectivity index (χ1n) is 12.0. The molecule has 0 aliphatic carbocycles. The first kappa shape index (κ1) is 27.7. The number of sulfonamides is 1. The normalized spacial score (nSPS) is 20.1. The van der Waals surface area contributed by atoms with E-state index in [9.17, 15) is 22.7 Å². The SMILES string of the molecule is CCCC#Cc1ccc2c(c1)O[C@@H](CN(C)C(=O)c1ccccc1F)[C@H](C)CN([C@H](C)CO)S2(=O)=O. The maximum atomic E-state index is 14.2. The molecule has 1 heterocycles. The largest absolute Gasteiger partial charge is 0.487 e. The molecule has 7 nitrogen and oxygen atoms in total. The summed E-state index contributed by atoms with van der Waals surface area (Å²) in [6.45, 7) is 5.31. The van der Waals surface area contributed by atoms with Gasteiger partial charge in [0.15, 0.2) is 0 Å². The van der Waals surface area contributed by atoms with E-state index in [0.29, 0.717) is 12.0 Å². The molecule has 9 heteroatoms. The van der Waals surface area contributed by atoms with Gasteiger partial charge in [-0.05, 0) is 43.7 Å². The van der Waals surface area contributed by atoms with Crippen LogP contribution in [0.5, 0.6) is 5.75 Å². The third-order valence-corrected chi connectivity index (χ3v) is 8.20. The Balaban J connectivity index is 2.01. The number of aliphatic hydroxyl groups excluding tert-OH is 1. The number of likely N-dealkylation sites (N-methyl/N-ethyl adjacent to an activating group) is 1. The van der Waals surface area contributed by atoms with Crippen molar-refractivity contribution >= 4 is 15.9 Å². The highest BCUT2D eigenvalue weighted by molar-refractivity contribution is 7.89. The van der Waals surface area contributed by atoms with Crippen molar-refractivity contribution in [3.8, 4) is 17.6 Å². The number of benzene rings is 2. The van der Waals surface area contributed by atoms with Gasteiger partial charge in [-0.1, -0.05) is 37.8 Å². The first-order valence-corrected chi connectivity index (χ1v) is 13.5. The molecular weight excluding hydrogens is 483 g/mol. The number of ether oxygens (including phenoxy) is 1. The summed E-state index contributed by atoms with van der Waals surface area (Å²) in [4.78, 5) is 14.3. The lowest BCUT2D eigenvalue weighted by Gasteiger charge is -2.37. The zero-order valence-corrected chi connectivity index (χ0v) is 21.9. The molecule has 0 fully saturated rings. The van der Waals surface area contributed by atoms with Crippen molar-refractivity contribution < 1.29 is 27.4 Å². The molecule has 0 saturated carbocycles. The lowest BCUT2D eigenvalue weighted by molar-refractivity contribution is 0.0560. The molecular formula is C27H33FN2O5S. The molecule has 36 heavy (non-hydrogen) atoms. The number of unbranched alkanes of at least 4 members (excludes halogenated alkanes) is 1. The number of carbonyl (C=O) groups excluding carboxylic acids is 1. The second-order valence-electron chi connectivity index (χ2n) is 9.12. The number of fused-ring (bicyclic) bond motifs is 1. The average molecular weight is 517 g/mol. The van der Waals surface area contributed by atoms with E-state index in [1.54, 1.807) is 32.2 Å². The van der Waals surface area contributed by atoms with Gasteiger partial charge in [-0.15, -0.1) is 0 Å². The van der Waals surface area contributed by atoms with Crippen LogP contribution in [-0.2, 0) is 10.0 Å². The minimum Gasteiger partial charge on any atom is -0.487 e. The third-order valence-electron chi connectivity index (χ3n) is 6.18. The van der Waals surface area contributed by atoms with Gasteiger partial charge >= 0.3 is 0 Å². The molecule has 1 N–H and O–H groups in total. The van der Waals surface area contributed by atoms with Crippen LogP contribution in [-0.4, -0.2) is 67.5 Å². The summed E-state index contributed by atoms with van der Waals surface area (Å²) in [6, 6.07) is 9.80. The quantitative estimate of drug-likeness (QED) is 0.594. The summed E-state index contributed by atoms with van der Waals surface area (Å²) in [7, 11) is -2.42. The highest BCUT2D eigenvalue weighted by Crippen LogP contribution is 2.34. The molecule has 2 aromatic rings. The predicted molar refractivity (Wildman–Crippen MR) is 136 cm³/mol. The summed E-state index contributed by atoms with van der Waals surface area (Å²) in [6.07, 6.45) is 1.01. The Bertz CT molecular complexity index is 1250. The molecule has 3 atom stereocenters. The van der Waals surface area contributed by atoms with Gasteiger partial charge in [-0.25, -0.2) is 12.8 Å². The lowest BCUT2D eigenvalue weighted by atomic mass is 10.0. The number of hydrogen-bond donors (Lipinski definition) is 1. The van der Waals surface area contributed by atoms with Crippen LogP contribution in [0.2, 0.25) is 0 Å².